The molecule has 1 unspecified atom stereocenters. The van der Waals surface area contributed by atoms with Crippen molar-refractivity contribution in [1.29, 1.82) is 0 Å². The molecule has 1 N–H and O–H groups in total. The first-order valence-electron chi connectivity index (χ1n) is 4.21. The van der Waals surface area contributed by atoms with Gasteiger partial charge in [0.2, 0.25) is 0 Å². The van der Waals surface area contributed by atoms with Gasteiger partial charge in [-0.2, -0.15) is 25.3 Å². The molecule has 0 aromatic heterocycles. The molecule has 0 fully saturated rings. The van der Waals surface area contributed by atoms with Gasteiger partial charge in [0.1, 0.15) is 0 Å². The molecule has 0 aliphatic rings. The number of hydrogen-bond acceptors (Lipinski definition) is 3. The number of thiol groups is 2. The number of aliphatic hydroxyl groups is 1. The SMILES string of the molecule is OCCCCCC(S)CCS. The van der Waals surface area contributed by atoms with Crippen molar-refractivity contribution >= 4 is 25.3 Å². The summed E-state index contributed by atoms with van der Waals surface area (Å²) in [6.07, 6.45) is 5.49. The largest absolute Gasteiger partial charge is 0.396 e. The maximum atomic E-state index is 8.50. The van der Waals surface area contributed by atoms with E-state index >= 15 is 0 Å². The standard InChI is InChI=1S/C8H18OS2/c9-6-3-1-2-4-8(11)5-7-10/h8-11H,1-7H2. The van der Waals surface area contributed by atoms with Crippen LogP contribution in [0.3, 0.4) is 0 Å². The van der Waals surface area contributed by atoms with Crippen molar-refractivity contribution in [2.75, 3.05) is 12.4 Å². The second kappa shape index (κ2) is 8.75. The second-order valence-corrected chi connectivity index (χ2v) is 3.92. The van der Waals surface area contributed by atoms with Gasteiger partial charge in [-0.3, -0.25) is 0 Å². The minimum Gasteiger partial charge on any atom is -0.396 e. The fourth-order valence-corrected chi connectivity index (χ4v) is 1.79. The third kappa shape index (κ3) is 8.57. The van der Waals surface area contributed by atoms with E-state index in [2.05, 4.69) is 25.3 Å². The Kier molecular flexibility index (Phi) is 9.28. The molecule has 11 heavy (non-hydrogen) atoms. The molecular weight excluding hydrogens is 176 g/mol. The van der Waals surface area contributed by atoms with Crippen molar-refractivity contribution < 1.29 is 5.11 Å². The molecule has 0 aromatic rings. The number of aliphatic hydroxyl groups excluding tert-OH is 1. The van der Waals surface area contributed by atoms with Gasteiger partial charge in [-0.15, -0.1) is 0 Å². The molecule has 0 rings (SSSR count). The summed E-state index contributed by atoms with van der Waals surface area (Å²) >= 11 is 8.54. The van der Waals surface area contributed by atoms with Crippen LogP contribution in [-0.2, 0) is 0 Å². The summed E-state index contributed by atoms with van der Waals surface area (Å²) in [5.41, 5.74) is 0. The molecule has 0 saturated heterocycles. The van der Waals surface area contributed by atoms with Crippen molar-refractivity contribution in [3.8, 4) is 0 Å². The van der Waals surface area contributed by atoms with Crippen LogP contribution in [0.4, 0.5) is 0 Å². The smallest absolute Gasteiger partial charge is 0.0431 e. The third-order valence-corrected chi connectivity index (χ3v) is 2.43. The van der Waals surface area contributed by atoms with Gasteiger partial charge in [0.05, 0.1) is 0 Å². The number of unbranched alkanes of at least 4 members (excludes halogenated alkanes) is 2. The fourth-order valence-electron chi connectivity index (χ4n) is 0.962. The topological polar surface area (TPSA) is 20.2 Å². The van der Waals surface area contributed by atoms with Crippen LogP contribution in [0.5, 0.6) is 0 Å². The maximum Gasteiger partial charge on any atom is 0.0431 e. The summed E-state index contributed by atoms with van der Waals surface area (Å²) in [7, 11) is 0. The molecule has 0 bridgehead atoms. The molecule has 1 nitrogen and oxygen atoms in total. The highest BCUT2D eigenvalue weighted by atomic mass is 32.1. The van der Waals surface area contributed by atoms with Gasteiger partial charge >= 0.3 is 0 Å². The normalized spacial score (nSPS) is 13.4. The van der Waals surface area contributed by atoms with Crippen molar-refractivity contribution in [1.82, 2.24) is 0 Å². The lowest BCUT2D eigenvalue weighted by Gasteiger charge is -2.07. The van der Waals surface area contributed by atoms with Crippen LogP contribution < -0.4 is 0 Å². The first kappa shape index (κ1) is 11.7. The number of hydrogen-bond donors (Lipinski definition) is 3. The summed E-state index contributed by atoms with van der Waals surface area (Å²) < 4.78 is 0. The van der Waals surface area contributed by atoms with Gasteiger partial charge < -0.3 is 5.11 Å². The first-order chi connectivity index (χ1) is 5.31. The van der Waals surface area contributed by atoms with Crippen LogP contribution in [0.15, 0.2) is 0 Å². The van der Waals surface area contributed by atoms with Gasteiger partial charge in [0.25, 0.3) is 0 Å². The van der Waals surface area contributed by atoms with Crippen molar-refractivity contribution in [3.63, 3.8) is 0 Å². The molecule has 0 heterocycles. The van der Waals surface area contributed by atoms with Gasteiger partial charge in [0.15, 0.2) is 0 Å². The van der Waals surface area contributed by atoms with E-state index in [1.807, 2.05) is 0 Å². The van der Waals surface area contributed by atoms with Gasteiger partial charge in [-0.05, 0) is 25.0 Å². The van der Waals surface area contributed by atoms with Gasteiger partial charge in [-0.25, -0.2) is 0 Å². The highest BCUT2D eigenvalue weighted by Crippen LogP contribution is 2.12. The zero-order chi connectivity index (χ0) is 8.53. The molecule has 0 spiro atoms. The summed E-state index contributed by atoms with van der Waals surface area (Å²) in [6.45, 7) is 0.323. The monoisotopic (exact) mass is 194 g/mol. The Labute approximate surface area is 80.4 Å². The predicted molar refractivity (Wildman–Crippen MR) is 56.8 cm³/mol. The molecule has 3 heteroatoms. The lowest BCUT2D eigenvalue weighted by atomic mass is 10.1. The zero-order valence-electron chi connectivity index (χ0n) is 6.87. The van der Waals surface area contributed by atoms with Crippen molar-refractivity contribution in [2.24, 2.45) is 0 Å². The van der Waals surface area contributed by atoms with E-state index in [4.69, 9.17) is 5.11 Å². The van der Waals surface area contributed by atoms with Crippen LogP contribution in [-0.4, -0.2) is 22.7 Å². The van der Waals surface area contributed by atoms with Crippen LogP contribution >= 0.6 is 25.3 Å². The molecule has 0 aromatic carbocycles. The van der Waals surface area contributed by atoms with Gasteiger partial charge in [-0.1, -0.05) is 12.8 Å². The van der Waals surface area contributed by atoms with Gasteiger partial charge in [0, 0.05) is 11.9 Å². The molecule has 0 amide bonds. The predicted octanol–water partition coefficient (Wildman–Crippen LogP) is 2.16. The summed E-state index contributed by atoms with van der Waals surface area (Å²) in [5, 5.41) is 9.01. The number of rotatable bonds is 7. The summed E-state index contributed by atoms with van der Waals surface area (Å²) in [6, 6.07) is 0. The van der Waals surface area contributed by atoms with E-state index < -0.39 is 0 Å². The molecule has 0 saturated carbocycles. The Morgan fingerprint density at radius 1 is 1.09 bits per heavy atom. The molecule has 0 aliphatic heterocycles. The Morgan fingerprint density at radius 2 is 1.82 bits per heavy atom. The minimum atomic E-state index is 0.323. The van der Waals surface area contributed by atoms with E-state index in [-0.39, 0.29) is 0 Å². The summed E-state index contributed by atoms with van der Waals surface area (Å²) in [5.74, 6) is 0.925. The minimum absolute atomic E-state index is 0.323. The van der Waals surface area contributed by atoms with E-state index in [0.717, 1.165) is 31.4 Å². The average molecular weight is 194 g/mol. The van der Waals surface area contributed by atoms with E-state index in [1.54, 1.807) is 0 Å². The average Bonchev–Trinajstić information content (AvgIpc) is 1.99. The lowest BCUT2D eigenvalue weighted by Crippen LogP contribution is -1.99. The first-order valence-corrected chi connectivity index (χ1v) is 5.36. The van der Waals surface area contributed by atoms with Crippen molar-refractivity contribution in [3.05, 3.63) is 0 Å². The van der Waals surface area contributed by atoms with Crippen LogP contribution in [0, 0.1) is 0 Å². The van der Waals surface area contributed by atoms with Crippen LogP contribution in [0.1, 0.15) is 32.1 Å². The van der Waals surface area contributed by atoms with Crippen LogP contribution in [0.2, 0.25) is 0 Å². The fraction of sp³-hybridized carbons (Fsp3) is 1.00. The highest BCUT2D eigenvalue weighted by Gasteiger charge is 2.00. The maximum absolute atomic E-state index is 8.50. The third-order valence-electron chi connectivity index (χ3n) is 1.66. The Hall–Kier alpha value is 0.660. The van der Waals surface area contributed by atoms with E-state index in [1.165, 1.54) is 6.42 Å². The molecule has 1 atom stereocenters. The quantitative estimate of drug-likeness (QED) is 0.419. The zero-order valence-corrected chi connectivity index (χ0v) is 8.66. The Bertz CT molecular complexity index is 78.5. The molecule has 68 valence electrons. The van der Waals surface area contributed by atoms with E-state index in [9.17, 15) is 0 Å². The second-order valence-electron chi connectivity index (χ2n) is 2.74. The van der Waals surface area contributed by atoms with Crippen LogP contribution in [0.25, 0.3) is 0 Å². The molecule has 0 radical (unpaired) electrons. The highest BCUT2D eigenvalue weighted by molar-refractivity contribution is 7.81. The Balaban J connectivity index is 2.97. The molecule has 0 aliphatic carbocycles. The lowest BCUT2D eigenvalue weighted by molar-refractivity contribution is 0.282. The summed E-state index contributed by atoms with van der Waals surface area (Å²) in [4.78, 5) is 0. The molecular formula is C8H18OS2. The Morgan fingerprint density at radius 3 is 2.36 bits per heavy atom. The van der Waals surface area contributed by atoms with E-state index in [0.29, 0.717) is 11.9 Å². The van der Waals surface area contributed by atoms with Crippen molar-refractivity contribution in [2.45, 2.75) is 37.4 Å².